The van der Waals surface area contributed by atoms with Gasteiger partial charge in [-0.15, -0.1) is 0 Å². The standard InChI is InChI=1S/C14H32N2/c1-8-9-15-10-14(5,6)11-16(7)13(4)12(2)3/h12-13,15H,8-11H2,1-7H3. The third-order valence-corrected chi connectivity index (χ3v) is 3.37. The normalized spacial score (nSPS) is 14.8. The molecule has 0 fully saturated rings. The van der Waals surface area contributed by atoms with Crippen LogP contribution in [0.15, 0.2) is 0 Å². The summed E-state index contributed by atoms with van der Waals surface area (Å²) in [5.74, 6) is 0.726. The van der Waals surface area contributed by atoms with Crippen LogP contribution in [0.3, 0.4) is 0 Å². The lowest BCUT2D eigenvalue weighted by Crippen LogP contribution is -2.43. The number of nitrogens with one attached hydrogen (secondary N) is 1. The Labute approximate surface area is 103 Å². The van der Waals surface area contributed by atoms with Gasteiger partial charge in [0.05, 0.1) is 0 Å². The predicted octanol–water partition coefficient (Wildman–Crippen LogP) is 2.99. The molecule has 1 N–H and O–H groups in total. The Balaban J connectivity index is 4.03. The molecule has 2 nitrogen and oxygen atoms in total. The van der Waals surface area contributed by atoms with Crippen LogP contribution in [0, 0.1) is 11.3 Å². The molecule has 0 aliphatic rings. The summed E-state index contributed by atoms with van der Waals surface area (Å²) in [6.45, 7) is 17.2. The summed E-state index contributed by atoms with van der Waals surface area (Å²) in [5.41, 5.74) is 0.354. The molecule has 2 heteroatoms. The van der Waals surface area contributed by atoms with E-state index in [1.165, 1.54) is 6.42 Å². The minimum absolute atomic E-state index is 0.354. The summed E-state index contributed by atoms with van der Waals surface area (Å²) in [4.78, 5) is 2.48. The van der Waals surface area contributed by atoms with Crippen molar-refractivity contribution in [1.29, 1.82) is 0 Å². The Morgan fingerprint density at radius 3 is 2.19 bits per heavy atom. The maximum absolute atomic E-state index is 3.52. The summed E-state index contributed by atoms with van der Waals surface area (Å²) in [6, 6.07) is 0.658. The van der Waals surface area contributed by atoms with E-state index < -0.39 is 0 Å². The summed E-state index contributed by atoms with van der Waals surface area (Å²) in [5, 5.41) is 3.52. The largest absolute Gasteiger partial charge is 0.316 e. The molecule has 0 saturated heterocycles. The van der Waals surface area contributed by atoms with Gasteiger partial charge >= 0.3 is 0 Å². The van der Waals surface area contributed by atoms with Crippen molar-refractivity contribution in [3.8, 4) is 0 Å². The predicted molar refractivity (Wildman–Crippen MR) is 73.9 cm³/mol. The highest BCUT2D eigenvalue weighted by atomic mass is 15.1. The molecule has 0 aliphatic carbocycles. The second-order valence-electron chi connectivity index (χ2n) is 6.24. The highest BCUT2D eigenvalue weighted by Crippen LogP contribution is 2.18. The monoisotopic (exact) mass is 228 g/mol. The number of hydrogen-bond donors (Lipinski definition) is 1. The van der Waals surface area contributed by atoms with E-state index in [2.05, 4.69) is 58.8 Å². The van der Waals surface area contributed by atoms with Gasteiger partial charge in [-0.3, -0.25) is 0 Å². The molecule has 0 radical (unpaired) electrons. The highest BCUT2D eigenvalue weighted by Gasteiger charge is 2.23. The first-order valence-corrected chi connectivity index (χ1v) is 6.71. The van der Waals surface area contributed by atoms with Crippen molar-refractivity contribution in [2.75, 3.05) is 26.7 Å². The average Bonchev–Trinajstić information content (AvgIpc) is 2.15. The minimum atomic E-state index is 0.354. The molecule has 0 saturated carbocycles. The third kappa shape index (κ3) is 6.49. The molecular formula is C14H32N2. The number of rotatable bonds is 8. The van der Waals surface area contributed by atoms with E-state index in [9.17, 15) is 0 Å². The van der Waals surface area contributed by atoms with E-state index in [1.807, 2.05) is 0 Å². The van der Waals surface area contributed by atoms with Gasteiger partial charge in [-0.2, -0.15) is 0 Å². The molecule has 0 aromatic rings. The maximum Gasteiger partial charge on any atom is 0.00871 e. The first-order valence-electron chi connectivity index (χ1n) is 6.71. The van der Waals surface area contributed by atoms with Crippen LogP contribution in [0.4, 0.5) is 0 Å². The van der Waals surface area contributed by atoms with Crippen molar-refractivity contribution in [3.05, 3.63) is 0 Å². The zero-order chi connectivity index (χ0) is 12.8. The van der Waals surface area contributed by atoms with Gasteiger partial charge in [-0.05, 0) is 38.3 Å². The Morgan fingerprint density at radius 1 is 1.19 bits per heavy atom. The molecule has 98 valence electrons. The molecule has 0 aliphatic heterocycles. The fourth-order valence-corrected chi connectivity index (χ4v) is 1.99. The Kier molecular flexibility index (Phi) is 7.25. The molecule has 0 spiro atoms. The zero-order valence-electron chi connectivity index (χ0n) is 12.4. The summed E-state index contributed by atoms with van der Waals surface area (Å²) < 4.78 is 0. The van der Waals surface area contributed by atoms with Gasteiger partial charge in [0, 0.05) is 19.1 Å². The second-order valence-corrected chi connectivity index (χ2v) is 6.24. The van der Waals surface area contributed by atoms with Gasteiger partial charge in [0.25, 0.3) is 0 Å². The van der Waals surface area contributed by atoms with Crippen molar-refractivity contribution in [3.63, 3.8) is 0 Å². The van der Waals surface area contributed by atoms with Crippen molar-refractivity contribution < 1.29 is 0 Å². The van der Waals surface area contributed by atoms with Gasteiger partial charge in [-0.1, -0.05) is 34.6 Å². The Bertz CT molecular complexity index is 176. The van der Waals surface area contributed by atoms with E-state index in [0.29, 0.717) is 11.5 Å². The SMILES string of the molecule is CCCNCC(C)(C)CN(C)C(C)C(C)C. The summed E-state index contributed by atoms with van der Waals surface area (Å²) >= 11 is 0. The first-order chi connectivity index (χ1) is 7.30. The molecule has 16 heavy (non-hydrogen) atoms. The smallest absolute Gasteiger partial charge is 0.00871 e. The molecule has 1 atom stereocenters. The maximum atomic E-state index is 3.52. The molecular weight excluding hydrogens is 196 g/mol. The van der Waals surface area contributed by atoms with E-state index in [4.69, 9.17) is 0 Å². The Hall–Kier alpha value is -0.0800. The van der Waals surface area contributed by atoms with Crippen LogP contribution in [-0.2, 0) is 0 Å². The van der Waals surface area contributed by atoms with Crippen molar-refractivity contribution in [2.45, 2.75) is 54.0 Å². The van der Waals surface area contributed by atoms with E-state index in [0.717, 1.165) is 25.6 Å². The van der Waals surface area contributed by atoms with Gasteiger partial charge < -0.3 is 10.2 Å². The fourth-order valence-electron chi connectivity index (χ4n) is 1.99. The topological polar surface area (TPSA) is 15.3 Å². The van der Waals surface area contributed by atoms with Crippen molar-refractivity contribution in [2.24, 2.45) is 11.3 Å². The fraction of sp³-hybridized carbons (Fsp3) is 1.00. The molecule has 0 heterocycles. The first kappa shape index (κ1) is 15.9. The van der Waals surface area contributed by atoms with Crippen LogP contribution in [0.25, 0.3) is 0 Å². The quantitative estimate of drug-likeness (QED) is 0.643. The minimum Gasteiger partial charge on any atom is -0.316 e. The number of nitrogens with zero attached hydrogens (tertiary/aromatic N) is 1. The van der Waals surface area contributed by atoms with Crippen molar-refractivity contribution in [1.82, 2.24) is 10.2 Å². The molecule has 0 bridgehead atoms. The van der Waals surface area contributed by atoms with E-state index >= 15 is 0 Å². The summed E-state index contributed by atoms with van der Waals surface area (Å²) in [7, 11) is 2.24. The Morgan fingerprint density at radius 2 is 1.75 bits per heavy atom. The molecule has 0 rings (SSSR count). The summed E-state index contributed by atoms with van der Waals surface area (Å²) in [6.07, 6.45) is 1.22. The van der Waals surface area contributed by atoms with Crippen LogP contribution in [0.5, 0.6) is 0 Å². The number of hydrogen-bond acceptors (Lipinski definition) is 2. The lowest BCUT2D eigenvalue weighted by molar-refractivity contribution is 0.139. The highest BCUT2D eigenvalue weighted by molar-refractivity contribution is 4.78. The van der Waals surface area contributed by atoms with Crippen LogP contribution in [0.1, 0.15) is 48.0 Å². The third-order valence-electron chi connectivity index (χ3n) is 3.37. The van der Waals surface area contributed by atoms with Crippen molar-refractivity contribution >= 4 is 0 Å². The van der Waals surface area contributed by atoms with E-state index in [-0.39, 0.29) is 0 Å². The average molecular weight is 228 g/mol. The molecule has 0 aromatic heterocycles. The van der Waals surface area contributed by atoms with Crippen LogP contribution < -0.4 is 5.32 Å². The van der Waals surface area contributed by atoms with Gasteiger partial charge in [0.1, 0.15) is 0 Å². The van der Waals surface area contributed by atoms with Gasteiger partial charge in [0.2, 0.25) is 0 Å². The lowest BCUT2D eigenvalue weighted by Gasteiger charge is -2.35. The van der Waals surface area contributed by atoms with Gasteiger partial charge in [0.15, 0.2) is 0 Å². The van der Waals surface area contributed by atoms with Crippen LogP contribution in [0.2, 0.25) is 0 Å². The second kappa shape index (κ2) is 7.29. The van der Waals surface area contributed by atoms with Gasteiger partial charge in [-0.25, -0.2) is 0 Å². The van der Waals surface area contributed by atoms with Crippen LogP contribution >= 0.6 is 0 Å². The van der Waals surface area contributed by atoms with E-state index in [1.54, 1.807) is 0 Å². The lowest BCUT2D eigenvalue weighted by atomic mass is 9.91. The molecule has 0 amide bonds. The molecule has 0 aromatic carbocycles. The zero-order valence-corrected chi connectivity index (χ0v) is 12.4. The molecule has 1 unspecified atom stereocenters. The van der Waals surface area contributed by atoms with Crippen LogP contribution in [-0.4, -0.2) is 37.6 Å².